The molecule has 0 radical (unpaired) electrons. The molecule has 2 heterocycles. The highest BCUT2D eigenvalue weighted by atomic mass is 35.5. The first kappa shape index (κ1) is 19.0. The first-order valence-electron chi connectivity index (χ1n) is 9.44. The SMILES string of the molecule is O=C(N=c1c(Cl)cn(O)cc1Cl)c1ccc(OCC2CC2)c2oc3ccccc3c12. The molecule has 30 heavy (non-hydrogen) atoms. The van der Waals surface area contributed by atoms with E-state index in [1.165, 1.54) is 25.2 Å². The van der Waals surface area contributed by atoms with E-state index in [1.807, 2.05) is 24.3 Å². The van der Waals surface area contributed by atoms with Gasteiger partial charge in [-0.25, -0.2) is 4.99 Å². The van der Waals surface area contributed by atoms with Crippen LogP contribution in [0.1, 0.15) is 23.2 Å². The maximum atomic E-state index is 13.1. The minimum absolute atomic E-state index is 0.0519. The van der Waals surface area contributed by atoms with Crippen molar-refractivity contribution in [1.29, 1.82) is 0 Å². The number of aromatic nitrogens is 1. The fraction of sp³-hybridized carbons (Fsp3) is 0.182. The van der Waals surface area contributed by atoms with Crippen LogP contribution in [0.25, 0.3) is 21.9 Å². The Morgan fingerprint density at radius 2 is 1.90 bits per heavy atom. The third kappa shape index (κ3) is 3.42. The summed E-state index contributed by atoms with van der Waals surface area (Å²) < 4.78 is 12.7. The standard InChI is InChI=1S/C22H16Cl2N2O4/c23-15-9-26(28)10-16(24)20(15)25-22(27)14-7-8-18(29-11-12-5-6-12)21-19(14)13-3-1-2-4-17(13)30-21/h1-4,7-10,12,28H,5-6,11H2. The first-order valence-corrected chi connectivity index (χ1v) is 10.2. The fourth-order valence-electron chi connectivity index (χ4n) is 3.36. The van der Waals surface area contributed by atoms with E-state index in [0.717, 1.165) is 5.39 Å². The zero-order valence-corrected chi connectivity index (χ0v) is 17.2. The largest absolute Gasteiger partial charge is 0.489 e. The summed E-state index contributed by atoms with van der Waals surface area (Å²) in [7, 11) is 0. The van der Waals surface area contributed by atoms with E-state index in [0.29, 0.717) is 45.1 Å². The topological polar surface area (TPSA) is 77.0 Å². The van der Waals surface area contributed by atoms with Crippen LogP contribution in [0.5, 0.6) is 5.75 Å². The van der Waals surface area contributed by atoms with Gasteiger partial charge in [0.1, 0.15) is 10.9 Å². The number of ether oxygens (including phenoxy) is 1. The highest BCUT2D eigenvalue weighted by Gasteiger charge is 2.24. The van der Waals surface area contributed by atoms with Gasteiger partial charge in [-0.3, -0.25) is 4.79 Å². The van der Waals surface area contributed by atoms with Gasteiger partial charge in [0.2, 0.25) is 0 Å². The molecule has 0 bridgehead atoms. The lowest BCUT2D eigenvalue weighted by Gasteiger charge is -2.07. The molecular formula is C22H16Cl2N2O4. The molecule has 1 fully saturated rings. The van der Waals surface area contributed by atoms with Crippen molar-refractivity contribution in [3.63, 3.8) is 0 Å². The number of para-hydroxylation sites is 1. The number of fused-ring (bicyclic) bond motifs is 3. The number of hydrogen-bond acceptors (Lipinski definition) is 4. The highest BCUT2D eigenvalue weighted by Crippen LogP contribution is 2.38. The molecular weight excluding hydrogens is 427 g/mol. The molecule has 0 unspecified atom stereocenters. The number of nitrogens with zero attached hydrogens (tertiary/aromatic N) is 2. The van der Waals surface area contributed by atoms with Crippen LogP contribution in [-0.4, -0.2) is 22.5 Å². The maximum Gasteiger partial charge on any atom is 0.278 e. The normalized spacial score (nSPS) is 13.7. The number of amides is 1. The number of furan rings is 1. The number of benzene rings is 2. The molecule has 1 aliphatic rings. The summed E-state index contributed by atoms with van der Waals surface area (Å²) >= 11 is 12.2. The van der Waals surface area contributed by atoms with Crippen LogP contribution in [0.15, 0.2) is 58.2 Å². The van der Waals surface area contributed by atoms with Gasteiger partial charge in [0, 0.05) is 10.8 Å². The molecule has 1 saturated carbocycles. The Balaban J connectivity index is 1.68. The van der Waals surface area contributed by atoms with Crippen molar-refractivity contribution in [2.45, 2.75) is 12.8 Å². The van der Waals surface area contributed by atoms with Gasteiger partial charge >= 0.3 is 0 Å². The molecule has 4 aromatic rings. The van der Waals surface area contributed by atoms with Crippen LogP contribution in [0, 0.1) is 5.92 Å². The van der Waals surface area contributed by atoms with Gasteiger partial charge in [-0.1, -0.05) is 41.4 Å². The van der Waals surface area contributed by atoms with Crippen molar-refractivity contribution in [2.24, 2.45) is 10.9 Å². The van der Waals surface area contributed by atoms with Gasteiger partial charge in [-0.15, -0.1) is 0 Å². The lowest BCUT2D eigenvalue weighted by Crippen LogP contribution is -2.12. The van der Waals surface area contributed by atoms with Crippen LogP contribution in [0.2, 0.25) is 10.0 Å². The number of halogens is 2. The van der Waals surface area contributed by atoms with E-state index in [4.69, 9.17) is 32.4 Å². The second-order valence-corrected chi connectivity index (χ2v) is 8.08. The quantitative estimate of drug-likeness (QED) is 0.425. The minimum atomic E-state index is -0.528. The predicted molar refractivity (Wildman–Crippen MR) is 113 cm³/mol. The van der Waals surface area contributed by atoms with E-state index in [2.05, 4.69) is 4.99 Å². The Morgan fingerprint density at radius 3 is 2.63 bits per heavy atom. The number of carbonyl (C=O) groups is 1. The molecule has 1 N–H and O–H groups in total. The Kier molecular flexibility index (Phi) is 4.68. The van der Waals surface area contributed by atoms with E-state index < -0.39 is 5.91 Å². The molecule has 0 aliphatic heterocycles. The fourth-order valence-corrected chi connectivity index (χ4v) is 3.90. The minimum Gasteiger partial charge on any atom is -0.489 e. The molecule has 2 aromatic carbocycles. The summed E-state index contributed by atoms with van der Waals surface area (Å²) in [5.74, 6) is 0.652. The average molecular weight is 443 g/mol. The summed E-state index contributed by atoms with van der Waals surface area (Å²) in [6.07, 6.45) is 4.75. The monoisotopic (exact) mass is 442 g/mol. The van der Waals surface area contributed by atoms with Gasteiger partial charge in [-0.05, 0) is 37.0 Å². The zero-order chi connectivity index (χ0) is 20.8. The molecule has 2 aromatic heterocycles. The van der Waals surface area contributed by atoms with Crippen molar-refractivity contribution in [3.05, 3.63) is 69.8 Å². The summed E-state index contributed by atoms with van der Waals surface area (Å²) in [6, 6.07) is 10.9. The molecule has 1 amide bonds. The predicted octanol–water partition coefficient (Wildman–Crippen LogP) is 5.46. The summed E-state index contributed by atoms with van der Waals surface area (Å²) in [5, 5.41) is 11.1. The van der Waals surface area contributed by atoms with Crippen molar-refractivity contribution < 1.29 is 19.2 Å². The van der Waals surface area contributed by atoms with Gasteiger partial charge in [-0.2, -0.15) is 4.73 Å². The van der Waals surface area contributed by atoms with E-state index in [1.54, 1.807) is 12.1 Å². The molecule has 6 nitrogen and oxygen atoms in total. The number of pyridine rings is 1. The second kappa shape index (κ2) is 7.38. The molecule has 0 spiro atoms. The lowest BCUT2D eigenvalue weighted by atomic mass is 10.1. The molecule has 8 heteroatoms. The Labute approximate surface area is 180 Å². The molecule has 0 atom stereocenters. The van der Waals surface area contributed by atoms with E-state index in [-0.39, 0.29) is 15.4 Å². The van der Waals surface area contributed by atoms with Crippen molar-refractivity contribution in [1.82, 2.24) is 4.73 Å². The lowest BCUT2D eigenvalue weighted by molar-refractivity contribution is 0.0999. The van der Waals surface area contributed by atoms with Crippen molar-refractivity contribution in [2.75, 3.05) is 6.61 Å². The Hall–Kier alpha value is -2.96. The average Bonchev–Trinajstić information content (AvgIpc) is 3.47. The highest BCUT2D eigenvalue weighted by molar-refractivity contribution is 6.34. The summed E-state index contributed by atoms with van der Waals surface area (Å²) in [4.78, 5) is 17.2. The molecule has 1 aliphatic carbocycles. The van der Waals surface area contributed by atoms with Crippen molar-refractivity contribution >= 4 is 51.0 Å². The number of hydrogen-bond donors (Lipinski definition) is 1. The zero-order valence-electron chi connectivity index (χ0n) is 15.6. The van der Waals surface area contributed by atoms with Crippen LogP contribution in [0.4, 0.5) is 0 Å². The smallest absolute Gasteiger partial charge is 0.278 e. The van der Waals surface area contributed by atoms with Crippen LogP contribution in [0.3, 0.4) is 0 Å². The van der Waals surface area contributed by atoms with Gasteiger partial charge in [0.25, 0.3) is 5.91 Å². The third-order valence-corrected chi connectivity index (χ3v) is 5.60. The van der Waals surface area contributed by atoms with E-state index >= 15 is 0 Å². The number of carbonyl (C=O) groups excluding carboxylic acids is 1. The molecule has 152 valence electrons. The van der Waals surface area contributed by atoms with Crippen LogP contribution < -0.4 is 10.1 Å². The van der Waals surface area contributed by atoms with Crippen molar-refractivity contribution in [3.8, 4) is 5.75 Å². The molecule has 5 rings (SSSR count). The summed E-state index contributed by atoms with van der Waals surface area (Å²) in [5.41, 5.74) is 1.51. The van der Waals surface area contributed by atoms with Gasteiger partial charge < -0.3 is 14.4 Å². The van der Waals surface area contributed by atoms with Gasteiger partial charge in [0.15, 0.2) is 11.3 Å². The summed E-state index contributed by atoms with van der Waals surface area (Å²) in [6.45, 7) is 0.625. The Bertz CT molecular complexity index is 1340. The van der Waals surface area contributed by atoms with Gasteiger partial charge in [0.05, 0.1) is 34.6 Å². The number of rotatable bonds is 4. The first-order chi connectivity index (χ1) is 14.5. The van der Waals surface area contributed by atoms with E-state index in [9.17, 15) is 10.0 Å². The molecule has 0 saturated heterocycles. The third-order valence-electron chi connectivity index (χ3n) is 5.05. The van der Waals surface area contributed by atoms with Crippen LogP contribution in [-0.2, 0) is 0 Å². The maximum absolute atomic E-state index is 13.1. The second-order valence-electron chi connectivity index (χ2n) is 7.27. The van der Waals surface area contributed by atoms with Crippen LogP contribution >= 0.6 is 23.2 Å². The Morgan fingerprint density at radius 1 is 1.17 bits per heavy atom.